The largest absolute Gasteiger partial charge is 0.286 e. The summed E-state index contributed by atoms with van der Waals surface area (Å²) in [6, 6.07) is 10.6. The van der Waals surface area contributed by atoms with Crippen LogP contribution in [-0.2, 0) is 15.5 Å². The highest BCUT2D eigenvalue weighted by Gasteiger charge is 2.43. The minimum Gasteiger partial charge on any atom is -0.286 e. The molecule has 128 valence electrons. The Labute approximate surface area is 152 Å². The average Bonchev–Trinajstić information content (AvgIpc) is 2.86. The highest BCUT2D eigenvalue weighted by atomic mass is 32.2. The number of nitrogens with zero attached hydrogens (tertiary/aromatic N) is 1. The molecule has 0 aliphatic carbocycles. The lowest BCUT2D eigenvalue weighted by Gasteiger charge is -2.17. The molecule has 0 fully saturated rings. The molecule has 1 N–H and O–H groups in total. The fraction of sp³-hybridized carbons (Fsp3) is 0.421. The Balaban J connectivity index is 2.25. The van der Waals surface area contributed by atoms with Crippen LogP contribution in [-0.4, -0.2) is 35.6 Å². The van der Waals surface area contributed by atoms with Gasteiger partial charge in [0.2, 0.25) is 5.69 Å². The van der Waals surface area contributed by atoms with E-state index in [1.807, 2.05) is 12.1 Å². The molecule has 0 unspecified atom stereocenters. The molecule has 0 radical (unpaired) electrons. The third kappa shape index (κ3) is 2.98. The van der Waals surface area contributed by atoms with Crippen LogP contribution in [0.15, 0.2) is 36.4 Å². The van der Waals surface area contributed by atoms with Gasteiger partial charge in [0.05, 0.1) is 11.2 Å². The first-order valence-electron chi connectivity index (χ1n) is 10.8. The third-order valence-corrected chi connectivity index (χ3v) is 5.36. The molecule has 4 nitrogen and oxygen atoms in total. The van der Waals surface area contributed by atoms with Crippen LogP contribution in [0.5, 0.6) is 0 Å². The summed E-state index contributed by atoms with van der Waals surface area (Å²) in [6.07, 6.45) is 0.502. The average molecular weight is 353 g/mol. The van der Waals surface area contributed by atoms with Crippen molar-refractivity contribution in [2.45, 2.75) is 38.9 Å². The summed E-state index contributed by atoms with van der Waals surface area (Å²) >= 11 is 0. The third-order valence-electron chi connectivity index (χ3n) is 4.55. The summed E-state index contributed by atoms with van der Waals surface area (Å²) in [5, 5.41) is 1.32. The van der Waals surface area contributed by atoms with Gasteiger partial charge in [0.25, 0.3) is 10.1 Å². The summed E-state index contributed by atoms with van der Waals surface area (Å²) in [4.78, 5) is 0. The molecule has 0 aromatic heterocycles. The second kappa shape index (κ2) is 5.97. The van der Waals surface area contributed by atoms with Gasteiger partial charge in [-0.2, -0.15) is 13.0 Å². The van der Waals surface area contributed by atoms with Crippen molar-refractivity contribution >= 4 is 32.3 Å². The zero-order valence-corrected chi connectivity index (χ0v) is 14.2. The van der Waals surface area contributed by atoms with Crippen molar-refractivity contribution in [1.82, 2.24) is 0 Å². The molecule has 1 aliphatic heterocycles. The second-order valence-corrected chi connectivity index (χ2v) is 7.73. The molecule has 0 saturated heterocycles. The number of benzene rings is 2. The van der Waals surface area contributed by atoms with Crippen molar-refractivity contribution in [3.63, 3.8) is 0 Å². The summed E-state index contributed by atoms with van der Waals surface area (Å²) in [6.45, 7) is -3.92. The van der Waals surface area contributed by atoms with E-state index in [-0.39, 0.29) is 24.2 Å². The van der Waals surface area contributed by atoms with Crippen LogP contribution >= 0.6 is 0 Å². The smallest absolute Gasteiger partial charge is 0.264 e. The molecule has 2 aromatic carbocycles. The minimum atomic E-state index is -4.10. The van der Waals surface area contributed by atoms with Gasteiger partial charge in [0.1, 0.15) is 6.54 Å². The van der Waals surface area contributed by atoms with Crippen LogP contribution in [0, 0.1) is 0 Å². The van der Waals surface area contributed by atoms with E-state index in [4.69, 9.17) is 12.8 Å². The van der Waals surface area contributed by atoms with E-state index in [0.29, 0.717) is 17.5 Å². The van der Waals surface area contributed by atoms with Crippen LogP contribution in [0.3, 0.4) is 0 Å². The van der Waals surface area contributed by atoms with Crippen molar-refractivity contribution in [2.75, 3.05) is 12.3 Å². The zero-order chi connectivity index (χ0) is 22.5. The first kappa shape index (κ1) is 11.0. The van der Waals surface area contributed by atoms with E-state index in [2.05, 4.69) is 0 Å². The Kier molecular flexibility index (Phi) is 2.74. The zero-order valence-electron chi connectivity index (χ0n) is 19.4. The fourth-order valence-corrected chi connectivity index (χ4v) is 3.85. The lowest BCUT2D eigenvalue weighted by Crippen LogP contribution is -2.27. The van der Waals surface area contributed by atoms with Crippen molar-refractivity contribution in [3.8, 4) is 0 Å². The Morgan fingerprint density at radius 3 is 2.62 bits per heavy atom. The molecule has 2 aromatic rings. The normalized spacial score (nSPS) is 21.4. The van der Waals surface area contributed by atoms with Gasteiger partial charge in [-0.25, -0.2) is 0 Å². The van der Waals surface area contributed by atoms with Gasteiger partial charge in [-0.1, -0.05) is 24.3 Å². The minimum absolute atomic E-state index is 0.167. The molecule has 0 bridgehead atoms. The van der Waals surface area contributed by atoms with E-state index >= 15 is 0 Å². The topological polar surface area (TPSA) is 57.4 Å². The predicted octanol–water partition coefficient (Wildman–Crippen LogP) is 3.90. The molecule has 5 heteroatoms. The van der Waals surface area contributed by atoms with Gasteiger partial charge >= 0.3 is 0 Å². The maximum absolute atomic E-state index is 11.0. The van der Waals surface area contributed by atoms with Gasteiger partial charge in [-0.05, 0) is 37.0 Å². The SMILES string of the molecule is [2H]C([2H])([2H])C1(C([2H])([2H])[2H])C(C)=[N+](CCCCS(=O)(=O)O)c2ccc3ccccc3c21. The standard InChI is InChI=1S/C19H23NO3S/c1-14-19(2,3)18-16-9-5-4-8-15(16)10-11-17(18)20(14)12-6-7-13-24(21,22)23/h4-5,8-11H,6-7,12-13H2,1-3H3/p+1/i2D3,3D3. The van der Waals surface area contributed by atoms with E-state index < -0.39 is 35.0 Å². The molecule has 1 aliphatic rings. The lowest BCUT2D eigenvalue weighted by atomic mass is 9.80. The summed E-state index contributed by atoms with van der Waals surface area (Å²) in [7, 11) is -4.10. The van der Waals surface area contributed by atoms with Crippen molar-refractivity contribution in [1.29, 1.82) is 0 Å². The molecular formula is C19H24NO3S+. The Hall–Kier alpha value is -1.72. The van der Waals surface area contributed by atoms with Gasteiger partial charge in [0.15, 0.2) is 5.71 Å². The molecule has 0 saturated carbocycles. The van der Waals surface area contributed by atoms with E-state index in [9.17, 15) is 8.42 Å². The molecule has 3 rings (SSSR count). The monoisotopic (exact) mass is 352 g/mol. The molecule has 0 atom stereocenters. The molecule has 1 heterocycles. The van der Waals surface area contributed by atoms with Crippen molar-refractivity contribution in [3.05, 3.63) is 42.0 Å². The van der Waals surface area contributed by atoms with Crippen molar-refractivity contribution in [2.24, 2.45) is 0 Å². The molecular weight excluding hydrogens is 322 g/mol. The first-order valence-corrected chi connectivity index (χ1v) is 9.42. The maximum atomic E-state index is 11.0. The van der Waals surface area contributed by atoms with Crippen LogP contribution in [0.25, 0.3) is 10.8 Å². The summed E-state index contributed by atoms with van der Waals surface area (Å²) in [5.41, 5.74) is -1.22. The van der Waals surface area contributed by atoms with E-state index in [1.54, 1.807) is 28.8 Å². The van der Waals surface area contributed by atoms with E-state index in [0.717, 1.165) is 5.39 Å². The van der Waals surface area contributed by atoms with Crippen LogP contribution in [0.4, 0.5) is 5.69 Å². The van der Waals surface area contributed by atoms with Gasteiger partial charge in [-0.3, -0.25) is 4.55 Å². The Morgan fingerprint density at radius 1 is 1.17 bits per heavy atom. The van der Waals surface area contributed by atoms with Crippen LogP contribution < -0.4 is 0 Å². The Bertz CT molecular complexity index is 1110. The number of rotatable bonds is 5. The van der Waals surface area contributed by atoms with E-state index in [1.165, 1.54) is 6.92 Å². The van der Waals surface area contributed by atoms with Crippen LogP contribution in [0.1, 0.15) is 47.3 Å². The quantitative estimate of drug-likeness (QED) is 0.504. The van der Waals surface area contributed by atoms with Gasteiger partial charge in [0, 0.05) is 33.2 Å². The lowest BCUT2D eigenvalue weighted by molar-refractivity contribution is -0.439. The highest BCUT2D eigenvalue weighted by molar-refractivity contribution is 7.85. The highest BCUT2D eigenvalue weighted by Crippen LogP contribution is 2.43. The molecule has 24 heavy (non-hydrogen) atoms. The number of hydrogen-bond acceptors (Lipinski definition) is 2. The summed E-state index contributed by atoms with van der Waals surface area (Å²) in [5.74, 6) is -0.409. The van der Waals surface area contributed by atoms with Crippen LogP contribution in [0.2, 0.25) is 0 Å². The van der Waals surface area contributed by atoms with Gasteiger partial charge < -0.3 is 0 Å². The second-order valence-electron chi connectivity index (χ2n) is 6.16. The number of unbranched alkanes of at least 4 members (excludes halogenated alkanes) is 1. The molecule has 0 spiro atoms. The summed E-state index contributed by atoms with van der Waals surface area (Å²) < 4.78 is 82.2. The predicted molar refractivity (Wildman–Crippen MR) is 98.1 cm³/mol. The fourth-order valence-electron chi connectivity index (χ4n) is 3.29. The molecule has 0 amide bonds. The van der Waals surface area contributed by atoms with Gasteiger partial charge in [-0.15, -0.1) is 0 Å². The first-order chi connectivity index (χ1) is 13.7. The number of hydrogen-bond donors (Lipinski definition) is 1. The Morgan fingerprint density at radius 2 is 1.92 bits per heavy atom. The number of fused-ring (bicyclic) bond motifs is 3. The van der Waals surface area contributed by atoms with Crippen molar-refractivity contribution < 1.29 is 25.8 Å². The maximum Gasteiger partial charge on any atom is 0.264 e.